The maximum atomic E-state index is 13.2. The SMILES string of the molecule is Fn1cnc2cccc(C(Cl)(Cl)Cl)c21. The van der Waals surface area contributed by atoms with Crippen LogP contribution in [0.5, 0.6) is 0 Å². The number of alkyl halides is 3. The zero-order chi connectivity index (χ0) is 10.3. The molecule has 0 saturated carbocycles. The summed E-state index contributed by atoms with van der Waals surface area (Å²) in [5.74, 6) is 0. The number of aromatic nitrogens is 2. The van der Waals surface area contributed by atoms with Gasteiger partial charge in [0.15, 0.2) is 0 Å². The molecule has 1 aromatic heterocycles. The second kappa shape index (κ2) is 3.26. The molecule has 0 aliphatic carbocycles. The quantitative estimate of drug-likeness (QED) is 0.656. The minimum atomic E-state index is -1.65. The summed E-state index contributed by atoms with van der Waals surface area (Å²) in [5, 5.41) is 0. The fourth-order valence-corrected chi connectivity index (χ4v) is 1.72. The third-order valence-electron chi connectivity index (χ3n) is 1.83. The highest BCUT2D eigenvalue weighted by Gasteiger charge is 2.27. The van der Waals surface area contributed by atoms with E-state index in [0.717, 1.165) is 6.33 Å². The number of nitrogens with zero attached hydrogens (tertiary/aromatic N) is 2. The molecular weight excluding hydrogens is 249 g/mol. The first-order valence-electron chi connectivity index (χ1n) is 3.69. The van der Waals surface area contributed by atoms with Gasteiger partial charge in [0.25, 0.3) is 0 Å². The summed E-state index contributed by atoms with van der Waals surface area (Å²) in [7, 11) is 0. The summed E-state index contributed by atoms with van der Waals surface area (Å²) in [4.78, 5) is 4.14. The van der Waals surface area contributed by atoms with Crippen LogP contribution in [0.3, 0.4) is 0 Å². The number of fused-ring (bicyclic) bond motifs is 1. The van der Waals surface area contributed by atoms with E-state index < -0.39 is 3.79 Å². The van der Waals surface area contributed by atoms with Crippen molar-refractivity contribution >= 4 is 45.8 Å². The zero-order valence-corrected chi connectivity index (χ0v) is 8.98. The van der Waals surface area contributed by atoms with E-state index in [1.807, 2.05) is 0 Å². The van der Waals surface area contributed by atoms with Crippen LogP contribution in [0.1, 0.15) is 5.56 Å². The summed E-state index contributed by atoms with van der Waals surface area (Å²) in [6.45, 7) is 0. The Morgan fingerprint density at radius 2 is 2.00 bits per heavy atom. The Hall–Kier alpha value is -0.510. The first-order chi connectivity index (χ1) is 6.50. The van der Waals surface area contributed by atoms with Gasteiger partial charge in [0.05, 0.1) is 5.52 Å². The zero-order valence-electron chi connectivity index (χ0n) is 6.72. The lowest BCUT2D eigenvalue weighted by Crippen LogP contribution is -2.02. The van der Waals surface area contributed by atoms with Gasteiger partial charge in [-0.15, -0.1) is 0 Å². The summed E-state index contributed by atoms with van der Waals surface area (Å²) >= 11 is 17.1. The highest BCUT2D eigenvalue weighted by molar-refractivity contribution is 6.67. The molecule has 74 valence electrons. The standard InChI is InChI=1S/C8H4Cl3FN2/c9-8(10,11)5-2-1-3-6-7(5)14(12)4-13-6/h1-4H. The van der Waals surface area contributed by atoms with Gasteiger partial charge >= 0.3 is 0 Å². The molecule has 0 aliphatic heterocycles. The van der Waals surface area contributed by atoms with Gasteiger partial charge in [-0.1, -0.05) is 51.4 Å². The highest BCUT2D eigenvalue weighted by Crippen LogP contribution is 2.41. The third kappa shape index (κ3) is 1.56. The Morgan fingerprint density at radius 1 is 1.29 bits per heavy atom. The fourth-order valence-electron chi connectivity index (χ4n) is 1.26. The lowest BCUT2D eigenvalue weighted by molar-refractivity contribution is 0.384. The van der Waals surface area contributed by atoms with Crippen LogP contribution < -0.4 is 0 Å². The number of para-hydroxylation sites is 1. The highest BCUT2D eigenvalue weighted by atomic mass is 35.6. The number of hydrogen-bond acceptors (Lipinski definition) is 1. The largest absolute Gasteiger partial charge is 0.234 e. The molecule has 1 heterocycles. The molecule has 0 spiro atoms. The molecular formula is C8H4Cl3FN2. The van der Waals surface area contributed by atoms with Crippen molar-refractivity contribution in [2.75, 3.05) is 0 Å². The molecule has 0 saturated heterocycles. The second-order valence-electron chi connectivity index (χ2n) is 2.73. The van der Waals surface area contributed by atoms with Crippen LogP contribution in [0.15, 0.2) is 24.5 Å². The van der Waals surface area contributed by atoms with E-state index in [1.54, 1.807) is 18.2 Å². The van der Waals surface area contributed by atoms with Crippen molar-refractivity contribution in [2.24, 2.45) is 0 Å². The Bertz CT molecular complexity index is 475. The first-order valence-corrected chi connectivity index (χ1v) is 4.83. The van der Waals surface area contributed by atoms with Gasteiger partial charge in [0.2, 0.25) is 3.79 Å². The van der Waals surface area contributed by atoms with E-state index >= 15 is 0 Å². The van der Waals surface area contributed by atoms with Gasteiger partial charge in [-0.05, 0) is 6.07 Å². The first kappa shape index (κ1) is 10.0. The Labute approximate surface area is 94.1 Å². The maximum Gasteiger partial charge on any atom is 0.218 e. The van der Waals surface area contributed by atoms with Crippen molar-refractivity contribution in [3.63, 3.8) is 0 Å². The van der Waals surface area contributed by atoms with Crippen molar-refractivity contribution < 1.29 is 4.48 Å². The van der Waals surface area contributed by atoms with Crippen molar-refractivity contribution in [3.05, 3.63) is 30.1 Å². The molecule has 0 radical (unpaired) electrons. The Kier molecular flexibility index (Phi) is 2.33. The summed E-state index contributed by atoms with van der Waals surface area (Å²) in [6, 6.07) is 4.85. The molecule has 6 heteroatoms. The van der Waals surface area contributed by atoms with Crippen LogP contribution in [-0.4, -0.2) is 9.77 Å². The van der Waals surface area contributed by atoms with Gasteiger partial charge < -0.3 is 0 Å². The van der Waals surface area contributed by atoms with E-state index in [9.17, 15) is 4.48 Å². The fraction of sp³-hybridized carbons (Fsp3) is 0.125. The molecule has 2 aromatic rings. The molecule has 0 N–H and O–H groups in total. The summed E-state index contributed by atoms with van der Waals surface area (Å²) in [5.41, 5.74) is 0.920. The smallest absolute Gasteiger partial charge is 0.218 e. The molecule has 14 heavy (non-hydrogen) atoms. The van der Waals surface area contributed by atoms with E-state index in [-0.39, 0.29) is 11.1 Å². The van der Waals surface area contributed by atoms with Crippen LogP contribution in [0.2, 0.25) is 0 Å². The van der Waals surface area contributed by atoms with Crippen molar-refractivity contribution in [1.29, 1.82) is 0 Å². The maximum absolute atomic E-state index is 13.2. The molecule has 0 aliphatic rings. The Balaban J connectivity index is 2.82. The summed E-state index contributed by atoms with van der Waals surface area (Å²) < 4.78 is 11.6. The van der Waals surface area contributed by atoms with Gasteiger partial charge in [-0.2, -0.15) is 4.79 Å². The average Bonchev–Trinajstić information content (AvgIpc) is 2.46. The van der Waals surface area contributed by atoms with E-state index in [1.165, 1.54) is 0 Å². The molecule has 0 fully saturated rings. The Morgan fingerprint density at radius 3 is 2.64 bits per heavy atom. The molecule has 0 unspecified atom stereocenters. The van der Waals surface area contributed by atoms with E-state index in [4.69, 9.17) is 34.8 Å². The monoisotopic (exact) mass is 252 g/mol. The second-order valence-corrected chi connectivity index (χ2v) is 5.01. The van der Waals surface area contributed by atoms with Gasteiger partial charge in [0, 0.05) is 5.56 Å². The topological polar surface area (TPSA) is 17.8 Å². The number of hydrogen-bond donors (Lipinski definition) is 0. The van der Waals surface area contributed by atoms with Gasteiger partial charge in [-0.3, -0.25) is 0 Å². The predicted octanol–water partition coefficient (Wildman–Crippen LogP) is 3.60. The van der Waals surface area contributed by atoms with Crippen molar-refractivity contribution in [1.82, 2.24) is 9.77 Å². The number of rotatable bonds is 0. The van der Waals surface area contributed by atoms with Crippen LogP contribution in [-0.2, 0) is 3.79 Å². The van der Waals surface area contributed by atoms with Gasteiger partial charge in [-0.25, -0.2) is 4.98 Å². The number of imidazole rings is 1. The minimum absolute atomic E-state index is 0.188. The minimum Gasteiger partial charge on any atom is -0.234 e. The van der Waals surface area contributed by atoms with Crippen LogP contribution in [0, 0.1) is 0 Å². The lowest BCUT2D eigenvalue weighted by Gasteiger charge is -2.11. The number of halogens is 4. The van der Waals surface area contributed by atoms with E-state index in [2.05, 4.69) is 4.98 Å². The van der Waals surface area contributed by atoms with Crippen molar-refractivity contribution in [2.45, 2.75) is 3.79 Å². The summed E-state index contributed by atoms with van der Waals surface area (Å²) in [6.07, 6.45) is 1.03. The van der Waals surface area contributed by atoms with Crippen LogP contribution in [0.25, 0.3) is 11.0 Å². The molecule has 0 bridgehead atoms. The molecule has 2 nitrogen and oxygen atoms in total. The van der Waals surface area contributed by atoms with Gasteiger partial charge in [0.1, 0.15) is 11.8 Å². The third-order valence-corrected chi connectivity index (χ3v) is 2.44. The molecule has 1 aromatic carbocycles. The average molecular weight is 253 g/mol. The molecule has 0 amide bonds. The lowest BCUT2D eigenvalue weighted by atomic mass is 10.2. The van der Waals surface area contributed by atoms with Crippen molar-refractivity contribution in [3.8, 4) is 0 Å². The molecule has 0 atom stereocenters. The van der Waals surface area contributed by atoms with E-state index in [0.29, 0.717) is 10.3 Å². The predicted molar refractivity (Wildman–Crippen MR) is 55.5 cm³/mol. The molecule has 2 rings (SSSR count). The number of benzene rings is 1. The van der Waals surface area contributed by atoms with Crippen LogP contribution >= 0.6 is 34.8 Å². The van der Waals surface area contributed by atoms with Crippen LogP contribution in [0.4, 0.5) is 4.48 Å². The normalized spacial score (nSPS) is 12.3.